The highest BCUT2D eigenvalue weighted by molar-refractivity contribution is 7.09. The van der Waals surface area contributed by atoms with E-state index in [9.17, 15) is 14.7 Å². The molecule has 0 fully saturated rings. The number of amides is 3. The maximum Gasteiger partial charge on any atom is 0.318 e. The lowest BCUT2D eigenvalue weighted by Gasteiger charge is -2.29. The van der Waals surface area contributed by atoms with Gasteiger partial charge in [0.25, 0.3) is 0 Å². The number of carbonyl (C=O) groups is 2. The van der Waals surface area contributed by atoms with Crippen LogP contribution in [-0.4, -0.2) is 58.2 Å². The van der Waals surface area contributed by atoms with Crippen molar-refractivity contribution in [1.29, 1.82) is 0 Å². The molecule has 3 rings (SSSR count). The van der Waals surface area contributed by atoms with Crippen LogP contribution in [-0.2, 0) is 24.2 Å². The minimum Gasteiger partial charge on any atom is -0.391 e. The summed E-state index contributed by atoms with van der Waals surface area (Å²) in [6.07, 6.45) is 0.525. The molecular formula is C32H45N5O3S. The van der Waals surface area contributed by atoms with Crippen LogP contribution in [0.15, 0.2) is 66.0 Å². The predicted molar refractivity (Wildman–Crippen MR) is 166 cm³/mol. The summed E-state index contributed by atoms with van der Waals surface area (Å²) in [5.74, 6) is -0.110. The summed E-state index contributed by atoms with van der Waals surface area (Å²) < 4.78 is 0. The monoisotopic (exact) mass is 579 g/mol. The first kappa shape index (κ1) is 32.2. The minimum absolute atomic E-state index is 0.151. The van der Waals surface area contributed by atoms with E-state index in [-0.39, 0.29) is 30.3 Å². The Hall–Kier alpha value is -3.27. The fourth-order valence-corrected chi connectivity index (χ4v) is 5.45. The standard InChI is InChI=1S/C32H45N5O3S/c1-21(2)29(36-32(40)37(5)19-26-20-41-31(35-26)22(3)4)30(39)34-25(16-23-12-8-6-9-13-23)18-28(38)27(33)17-24-14-10-7-11-15-24/h6-15,20-22,25,27-29,38H,16-19,33H2,1-5H3,(H,34,39)(H,36,40)/t25-,27-,28+,29+/m1/s1. The third-order valence-corrected chi connectivity index (χ3v) is 8.24. The van der Waals surface area contributed by atoms with Crippen molar-refractivity contribution in [3.05, 3.63) is 87.9 Å². The number of aliphatic hydroxyl groups is 1. The van der Waals surface area contributed by atoms with Gasteiger partial charge in [0.1, 0.15) is 6.04 Å². The zero-order valence-corrected chi connectivity index (χ0v) is 25.6. The van der Waals surface area contributed by atoms with E-state index in [0.717, 1.165) is 21.8 Å². The van der Waals surface area contributed by atoms with Crippen molar-refractivity contribution in [2.75, 3.05) is 7.05 Å². The number of urea groups is 1. The number of aromatic nitrogens is 1. The molecule has 0 aliphatic heterocycles. The molecular weight excluding hydrogens is 534 g/mol. The summed E-state index contributed by atoms with van der Waals surface area (Å²) in [5.41, 5.74) is 9.29. The van der Waals surface area contributed by atoms with Gasteiger partial charge in [-0.05, 0) is 36.3 Å². The van der Waals surface area contributed by atoms with Crippen LogP contribution in [0.2, 0.25) is 0 Å². The highest BCUT2D eigenvalue weighted by atomic mass is 32.1. The quantitative estimate of drug-likeness (QED) is 0.224. The summed E-state index contributed by atoms with van der Waals surface area (Å²) in [4.78, 5) is 32.8. The summed E-state index contributed by atoms with van der Waals surface area (Å²) in [6, 6.07) is 17.7. The van der Waals surface area contributed by atoms with Gasteiger partial charge in [-0.2, -0.15) is 0 Å². The van der Waals surface area contributed by atoms with E-state index in [1.807, 2.05) is 79.9 Å². The number of rotatable bonds is 14. The highest BCUT2D eigenvalue weighted by Crippen LogP contribution is 2.20. The second-order valence-corrected chi connectivity index (χ2v) is 12.3. The van der Waals surface area contributed by atoms with Gasteiger partial charge in [0, 0.05) is 30.4 Å². The van der Waals surface area contributed by atoms with Crippen molar-refractivity contribution in [3.63, 3.8) is 0 Å². The first-order valence-electron chi connectivity index (χ1n) is 14.3. The van der Waals surface area contributed by atoms with Gasteiger partial charge < -0.3 is 26.4 Å². The molecule has 41 heavy (non-hydrogen) atoms. The molecule has 0 saturated heterocycles. The number of nitrogens with zero attached hydrogens (tertiary/aromatic N) is 2. The van der Waals surface area contributed by atoms with Crippen LogP contribution in [0.5, 0.6) is 0 Å². The Morgan fingerprint density at radius 1 is 0.951 bits per heavy atom. The molecule has 9 heteroatoms. The first-order chi connectivity index (χ1) is 19.5. The van der Waals surface area contributed by atoms with Gasteiger partial charge >= 0.3 is 6.03 Å². The fraction of sp³-hybridized carbons (Fsp3) is 0.469. The van der Waals surface area contributed by atoms with Crippen LogP contribution < -0.4 is 16.4 Å². The third-order valence-electron chi connectivity index (χ3n) is 7.04. The second kappa shape index (κ2) is 15.7. The molecule has 0 aliphatic carbocycles. The molecule has 0 bridgehead atoms. The van der Waals surface area contributed by atoms with Gasteiger partial charge in [-0.15, -0.1) is 11.3 Å². The lowest BCUT2D eigenvalue weighted by Crippen LogP contribution is -2.55. The molecule has 0 radical (unpaired) electrons. The van der Waals surface area contributed by atoms with E-state index >= 15 is 0 Å². The zero-order chi connectivity index (χ0) is 29.9. The summed E-state index contributed by atoms with van der Waals surface area (Å²) in [5, 5.41) is 20.0. The number of carbonyl (C=O) groups excluding carboxylic acids is 2. The number of aliphatic hydroxyl groups excluding tert-OH is 1. The van der Waals surface area contributed by atoms with Crippen molar-refractivity contribution < 1.29 is 14.7 Å². The minimum atomic E-state index is -0.823. The maximum absolute atomic E-state index is 13.6. The van der Waals surface area contributed by atoms with Crippen molar-refractivity contribution in [1.82, 2.24) is 20.5 Å². The molecule has 3 amide bonds. The van der Waals surface area contributed by atoms with Gasteiger partial charge in [0.15, 0.2) is 0 Å². The molecule has 1 aromatic heterocycles. The number of benzene rings is 2. The summed E-state index contributed by atoms with van der Waals surface area (Å²) in [6.45, 7) is 8.33. The Morgan fingerprint density at radius 3 is 2.07 bits per heavy atom. The lowest BCUT2D eigenvalue weighted by molar-refractivity contribution is -0.124. The van der Waals surface area contributed by atoms with Crippen LogP contribution in [0.4, 0.5) is 4.79 Å². The molecule has 1 heterocycles. The van der Waals surface area contributed by atoms with E-state index in [1.165, 1.54) is 4.90 Å². The number of nitrogens with two attached hydrogens (primary N) is 1. The Labute approximate surface area is 248 Å². The average Bonchev–Trinajstić information content (AvgIpc) is 3.41. The zero-order valence-electron chi connectivity index (χ0n) is 24.8. The highest BCUT2D eigenvalue weighted by Gasteiger charge is 2.29. The SMILES string of the molecule is CC(C)c1nc(CN(C)C(=O)N[C@H](C(=O)N[C@H](Cc2ccccc2)C[C@H](O)[C@H](N)Cc2ccccc2)C(C)C)cs1. The largest absolute Gasteiger partial charge is 0.391 e. The van der Waals surface area contributed by atoms with E-state index < -0.39 is 18.2 Å². The van der Waals surface area contributed by atoms with Crippen molar-refractivity contribution in [3.8, 4) is 0 Å². The molecule has 5 N–H and O–H groups in total. The molecule has 0 unspecified atom stereocenters. The second-order valence-electron chi connectivity index (χ2n) is 11.4. The molecule has 0 saturated carbocycles. The van der Waals surface area contributed by atoms with Crippen molar-refractivity contribution in [2.24, 2.45) is 11.7 Å². The molecule has 4 atom stereocenters. The van der Waals surface area contributed by atoms with Crippen molar-refractivity contribution in [2.45, 2.75) is 83.6 Å². The van der Waals surface area contributed by atoms with Gasteiger partial charge in [0.05, 0.1) is 23.4 Å². The smallest absolute Gasteiger partial charge is 0.318 e. The Balaban J connectivity index is 1.66. The average molecular weight is 580 g/mol. The van der Waals surface area contributed by atoms with Crippen molar-refractivity contribution >= 4 is 23.3 Å². The summed E-state index contributed by atoms with van der Waals surface area (Å²) >= 11 is 1.59. The predicted octanol–water partition coefficient (Wildman–Crippen LogP) is 4.48. The fourth-order valence-electron chi connectivity index (χ4n) is 4.62. The number of thiazole rings is 1. The summed E-state index contributed by atoms with van der Waals surface area (Å²) in [7, 11) is 1.70. The van der Waals surface area contributed by atoms with E-state index in [2.05, 4.69) is 29.5 Å². The normalized spacial score (nSPS) is 14.4. The molecule has 222 valence electrons. The molecule has 8 nitrogen and oxygen atoms in total. The number of hydrogen-bond donors (Lipinski definition) is 4. The van der Waals surface area contributed by atoms with Crippen LogP contribution >= 0.6 is 11.3 Å². The molecule has 0 aliphatic rings. The van der Waals surface area contributed by atoms with Crippen LogP contribution in [0, 0.1) is 5.92 Å². The number of nitrogens with one attached hydrogen (secondary N) is 2. The van der Waals surface area contributed by atoms with Gasteiger partial charge in [-0.3, -0.25) is 4.79 Å². The molecule has 2 aromatic carbocycles. The van der Waals surface area contributed by atoms with Gasteiger partial charge in [-0.1, -0.05) is 88.4 Å². The van der Waals surface area contributed by atoms with Crippen LogP contribution in [0.1, 0.15) is 61.9 Å². The maximum atomic E-state index is 13.6. The van der Waals surface area contributed by atoms with E-state index in [4.69, 9.17) is 5.73 Å². The van der Waals surface area contributed by atoms with Gasteiger partial charge in [0.2, 0.25) is 5.91 Å². The van der Waals surface area contributed by atoms with Crippen LogP contribution in [0.25, 0.3) is 0 Å². The number of hydrogen-bond acceptors (Lipinski definition) is 6. The third kappa shape index (κ3) is 10.3. The lowest BCUT2D eigenvalue weighted by atomic mass is 9.93. The van der Waals surface area contributed by atoms with Gasteiger partial charge in [-0.25, -0.2) is 9.78 Å². The van der Waals surface area contributed by atoms with E-state index in [0.29, 0.717) is 25.3 Å². The molecule has 0 spiro atoms. The topological polar surface area (TPSA) is 121 Å². The Morgan fingerprint density at radius 2 is 1.54 bits per heavy atom. The Kier molecular flexibility index (Phi) is 12.3. The first-order valence-corrected chi connectivity index (χ1v) is 15.2. The molecule has 3 aromatic rings. The van der Waals surface area contributed by atoms with Crippen LogP contribution in [0.3, 0.4) is 0 Å². The van der Waals surface area contributed by atoms with E-state index in [1.54, 1.807) is 18.4 Å². The Bertz CT molecular complexity index is 1220.